The first kappa shape index (κ1) is 20.7. The van der Waals surface area contributed by atoms with Gasteiger partial charge in [-0.25, -0.2) is 0 Å². The summed E-state index contributed by atoms with van der Waals surface area (Å²) in [6, 6.07) is 11.6. The number of fused-ring (bicyclic) bond motifs is 1. The number of benzene rings is 2. The van der Waals surface area contributed by atoms with E-state index in [1.807, 2.05) is 6.07 Å². The summed E-state index contributed by atoms with van der Waals surface area (Å²) in [5.74, 6) is -0.293. The van der Waals surface area contributed by atoms with Crippen LogP contribution in [0.2, 0.25) is 5.02 Å². The Balaban J connectivity index is 1.61. The topological polar surface area (TPSA) is 93.7 Å². The number of amides is 2. The second kappa shape index (κ2) is 9.43. The Morgan fingerprint density at radius 3 is 2.66 bits per heavy atom. The van der Waals surface area contributed by atoms with Crippen molar-refractivity contribution in [2.24, 2.45) is 0 Å². The summed E-state index contributed by atoms with van der Waals surface area (Å²) in [6.07, 6.45) is 1.04. The van der Waals surface area contributed by atoms with Gasteiger partial charge in [0.1, 0.15) is 5.75 Å². The van der Waals surface area contributed by atoms with Crippen LogP contribution in [0.4, 0.5) is 5.69 Å². The molecule has 0 saturated heterocycles. The molecule has 0 aromatic heterocycles. The van der Waals surface area contributed by atoms with Crippen molar-refractivity contribution in [2.75, 3.05) is 19.0 Å². The van der Waals surface area contributed by atoms with Gasteiger partial charge in [0.05, 0.1) is 19.6 Å². The molecule has 2 N–H and O–H groups in total. The Morgan fingerprint density at radius 2 is 1.93 bits per heavy atom. The van der Waals surface area contributed by atoms with Gasteiger partial charge in [-0.05, 0) is 47.9 Å². The van der Waals surface area contributed by atoms with Crippen molar-refractivity contribution < 1.29 is 23.9 Å². The number of rotatable bonds is 7. The maximum Gasteiger partial charge on any atom is 0.307 e. The number of halogens is 1. The van der Waals surface area contributed by atoms with Crippen LogP contribution in [-0.4, -0.2) is 31.5 Å². The third kappa shape index (κ3) is 5.71. The van der Waals surface area contributed by atoms with Crippen LogP contribution in [0, 0.1) is 0 Å². The van der Waals surface area contributed by atoms with Crippen LogP contribution in [0.3, 0.4) is 0 Å². The third-order valence-electron chi connectivity index (χ3n) is 4.55. The van der Waals surface area contributed by atoms with E-state index in [0.29, 0.717) is 23.6 Å². The predicted octanol–water partition coefficient (Wildman–Crippen LogP) is 3.02. The van der Waals surface area contributed by atoms with E-state index in [1.54, 1.807) is 36.4 Å². The highest BCUT2D eigenvalue weighted by Crippen LogP contribution is 2.27. The lowest BCUT2D eigenvalue weighted by Gasteiger charge is -2.19. The SMILES string of the molecule is COC(=O)CC(NC(=O)COc1ccc2c(c1)CCC(=O)N2)c1ccc(Cl)cc1. The first-order chi connectivity index (χ1) is 13.9. The minimum absolute atomic E-state index is 0.00982. The van der Waals surface area contributed by atoms with Crippen molar-refractivity contribution in [3.63, 3.8) is 0 Å². The van der Waals surface area contributed by atoms with Crippen molar-refractivity contribution in [1.29, 1.82) is 0 Å². The van der Waals surface area contributed by atoms with Crippen LogP contribution in [0.15, 0.2) is 42.5 Å². The molecule has 2 amide bonds. The molecular weight excluding hydrogens is 396 g/mol. The molecule has 0 aliphatic carbocycles. The average Bonchev–Trinajstić information content (AvgIpc) is 2.72. The van der Waals surface area contributed by atoms with Gasteiger partial charge in [-0.15, -0.1) is 0 Å². The molecule has 152 valence electrons. The monoisotopic (exact) mass is 416 g/mol. The van der Waals surface area contributed by atoms with Crippen LogP contribution in [-0.2, 0) is 25.5 Å². The van der Waals surface area contributed by atoms with E-state index in [4.69, 9.17) is 21.1 Å². The van der Waals surface area contributed by atoms with Gasteiger partial charge in [-0.3, -0.25) is 14.4 Å². The molecule has 29 heavy (non-hydrogen) atoms. The lowest BCUT2D eigenvalue weighted by molar-refractivity contribution is -0.141. The van der Waals surface area contributed by atoms with Crippen LogP contribution in [0.1, 0.15) is 30.0 Å². The summed E-state index contributed by atoms with van der Waals surface area (Å²) < 4.78 is 10.3. The van der Waals surface area contributed by atoms with E-state index in [-0.39, 0.29) is 24.8 Å². The van der Waals surface area contributed by atoms with Crippen molar-refractivity contribution in [3.05, 3.63) is 58.6 Å². The van der Waals surface area contributed by atoms with Gasteiger partial charge in [0, 0.05) is 17.1 Å². The fourth-order valence-corrected chi connectivity index (χ4v) is 3.16. The molecule has 7 nitrogen and oxygen atoms in total. The molecule has 1 aliphatic heterocycles. The number of nitrogens with one attached hydrogen (secondary N) is 2. The number of hydrogen-bond donors (Lipinski definition) is 2. The van der Waals surface area contributed by atoms with Gasteiger partial charge in [-0.2, -0.15) is 0 Å². The number of carbonyl (C=O) groups is 3. The normalized spacial score (nSPS) is 13.7. The quantitative estimate of drug-likeness (QED) is 0.677. The van der Waals surface area contributed by atoms with E-state index in [2.05, 4.69) is 10.6 Å². The van der Waals surface area contributed by atoms with Crippen molar-refractivity contribution >= 4 is 35.1 Å². The van der Waals surface area contributed by atoms with Gasteiger partial charge in [0.25, 0.3) is 5.91 Å². The molecule has 8 heteroatoms. The molecular formula is C21H21ClN2O5. The summed E-state index contributed by atoms with van der Waals surface area (Å²) in [5.41, 5.74) is 2.46. The van der Waals surface area contributed by atoms with E-state index >= 15 is 0 Å². The van der Waals surface area contributed by atoms with E-state index < -0.39 is 12.0 Å². The Kier molecular flexibility index (Phi) is 6.72. The van der Waals surface area contributed by atoms with Gasteiger partial charge >= 0.3 is 5.97 Å². The average molecular weight is 417 g/mol. The van der Waals surface area contributed by atoms with Crippen LogP contribution in [0.25, 0.3) is 0 Å². The Bertz CT molecular complexity index is 914. The number of ether oxygens (including phenoxy) is 2. The summed E-state index contributed by atoms with van der Waals surface area (Å²) in [4.78, 5) is 35.5. The van der Waals surface area contributed by atoms with E-state index in [1.165, 1.54) is 7.11 Å². The number of anilines is 1. The smallest absolute Gasteiger partial charge is 0.307 e. The molecule has 0 bridgehead atoms. The Hall–Kier alpha value is -3.06. The first-order valence-electron chi connectivity index (χ1n) is 9.12. The molecule has 0 fully saturated rings. The summed E-state index contributed by atoms with van der Waals surface area (Å²) >= 11 is 5.91. The number of aryl methyl sites for hydroxylation is 1. The highest BCUT2D eigenvalue weighted by Gasteiger charge is 2.20. The van der Waals surface area contributed by atoms with Crippen molar-refractivity contribution in [3.8, 4) is 5.75 Å². The molecule has 0 saturated carbocycles. The van der Waals surface area contributed by atoms with E-state index in [0.717, 1.165) is 16.8 Å². The highest BCUT2D eigenvalue weighted by molar-refractivity contribution is 6.30. The summed E-state index contributed by atoms with van der Waals surface area (Å²) in [6.45, 7) is -0.212. The zero-order chi connectivity index (χ0) is 20.8. The molecule has 1 unspecified atom stereocenters. The lowest BCUT2D eigenvalue weighted by atomic mass is 10.0. The first-order valence-corrected chi connectivity index (χ1v) is 9.49. The second-order valence-corrected chi connectivity index (χ2v) is 7.04. The van der Waals surface area contributed by atoms with E-state index in [9.17, 15) is 14.4 Å². The summed E-state index contributed by atoms with van der Waals surface area (Å²) in [7, 11) is 1.30. The van der Waals surface area contributed by atoms with Crippen LogP contribution >= 0.6 is 11.6 Å². The van der Waals surface area contributed by atoms with Gasteiger partial charge in [0.2, 0.25) is 5.91 Å². The van der Waals surface area contributed by atoms with Crippen molar-refractivity contribution in [2.45, 2.75) is 25.3 Å². The molecule has 2 aromatic rings. The molecule has 0 spiro atoms. The Morgan fingerprint density at radius 1 is 1.17 bits per heavy atom. The number of hydrogen-bond acceptors (Lipinski definition) is 5. The standard InChI is InChI=1S/C21H21ClN2O5/c1-28-21(27)11-18(13-2-5-15(22)6-3-13)24-20(26)12-29-16-7-8-17-14(10-16)4-9-19(25)23-17/h2-3,5-8,10,18H,4,9,11-12H2,1H3,(H,23,25)(H,24,26). The maximum absolute atomic E-state index is 12.4. The molecule has 1 heterocycles. The zero-order valence-electron chi connectivity index (χ0n) is 15.9. The van der Waals surface area contributed by atoms with Crippen LogP contribution in [0.5, 0.6) is 5.75 Å². The number of esters is 1. The molecule has 1 aliphatic rings. The maximum atomic E-state index is 12.4. The largest absolute Gasteiger partial charge is 0.484 e. The zero-order valence-corrected chi connectivity index (χ0v) is 16.6. The van der Waals surface area contributed by atoms with Gasteiger partial charge in [0.15, 0.2) is 6.61 Å². The van der Waals surface area contributed by atoms with Gasteiger partial charge in [-0.1, -0.05) is 23.7 Å². The Labute approximate surface area is 173 Å². The third-order valence-corrected chi connectivity index (χ3v) is 4.80. The lowest BCUT2D eigenvalue weighted by Crippen LogP contribution is -2.34. The second-order valence-electron chi connectivity index (χ2n) is 6.61. The van der Waals surface area contributed by atoms with Crippen LogP contribution < -0.4 is 15.4 Å². The van der Waals surface area contributed by atoms with Gasteiger partial charge < -0.3 is 20.1 Å². The highest BCUT2D eigenvalue weighted by atomic mass is 35.5. The van der Waals surface area contributed by atoms with Crippen molar-refractivity contribution in [1.82, 2.24) is 5.32 Å². The fourth-order valence-electron chi connectivity index (χ4n) is 3.03. The molecule has 3 rings (SSSR count). The number of methoxy groups -OCH3 is 1. The minimum atomic E-state index is -0.561. The molecule has 2 aromatic carbocycles. The summed E-state index contributed by atoms with van der Waals surface area (Å²) in [5, 5.41) is 6.15. The molecule has 1 atom stereocenters. The fraction of sp³-hybridized carbons (Fsp3) is 0.286. The number of carbonyl (C=O) groups excluding carboxylic acids is 3. The minimum Gasteiger partial charge on any atom is -0.484 e. The molecule has 0 radical (unpaired) electrons. The predicted molar refractivity (Wildman–Crippen MR) is 108 cm³/mol.